The van der Waals surface area contributed by atoms with Gasteiger partial charge in [-0.2, -0.15) is 0 Å². The molecule has 1 fully saturated rings. The number of likely N-dealkylation sites (tertiary alicyclic amines) is 1. The molecule has 0 aromatic rings. The van der Waals surface area contributed by atoms with Crippen LogP contribution in [0.25, 0.3) is 0 Å². The van der Waals surface area contributed by atoms with Crippen molar-refractivity contribution in [1.29, 1.82) is 0 Å². The first kappa shape index (κ1) is 13.0. The highest BCUT2D eigenvalue weighted by Crippen LogP contribution is 2.19. The van der Waals surface area contributed by atoms with Gasteiger partial charge in [-0.25, -0.2) is 4.79 Å². The Morgan fingerprint density at radius 2 is 2.00 bits per heavy atom. The number of carbonyl (C=O) groups is 2. The van der Waals surface area contributed by atoms with E-state index in [0.29, 0.717) is 13.0 Å². The van der Waals surface area contributed by atoms with Gasteiger partial charge in [0.15, 0.2) is 0 Å². The van der Waals surface area contributed by atoms with E-state index in [2.05, 4.69) is 0 Å². The number of carbonyl (C=O) groups excluding carboxylic acids is 1. The highest BCUT2D eigenvalue weighted by atomic mass is 16.4. The molecular weight excluding hydrogens is 208 g/mol. The number of hydrogen-bond acceptors (Lipinski definition) is 3. The predicted octanol–water partition coefficient (Wildman–Crippen LogP) is 0.435. The molecule has 0 bridgehead atoms. The van der Waals surface area contributed by atoms with Gasteiger partial charge in [-0.1, -0.05) is 13.8 Å². The third-order valence-electron chi connectivity index (χ3n) is 3.07. The fraction of sp³-hybridized carbons (Fsp3) is 0.818. The molecule has 5 nitrogen and oxygen atoms in total. The Morgan fingerprint density at radius 1 is 1.38 bits per heavy atom. The van der Waals surface area contributed by atoms with E-state index in [-0.39, 0.29) is 11.8 Å². The molecular formula is C11H20N2O3. The number of nitrogens with zero attached hydrogens (tertiary/aromatic N) is 1. The van der Waals surface area contributed by atoms with Gasteiger partial charge < -0.3 is 15.7 Å². The molecule has 0 aromatic carbocycles. The van der Waals surface area contributed by atoms with Crippen molar-refractivity contribution in [3.63, 3.8) is 0 Å². The Hall–Kier alpha value is -1.10. The Morgan fingerprint density at radius 3 is 2.50 bits per heavy atom. The third-order valence-corrected chi connectivity index (χ3v) is 3.07. The molecule has 1 aliphatic rings. The molecule has 1 rings (SSSR count). The first-order valence-corrected chi connectivity index (χ1v) is 5.74. The first-order valence-electron chi connectivity index (χ1n) is 5.74. The van der Waals surface area contributed by atoms with Gasteiger partial charge in [0.1, 0.15) is 6.04 Å². The van der Waals surface area contributed by atoms with E-state index in [9.17, 15) is 9.59 Å². The standard InChI is InChI=1S/C11H20N2O3/c1-7(2)9(12)10(14)13-6-4-3-5-8(13)11(15)16/h7-9H,3-6,12H2,1-2H3,(H,15,16)/t8-,9?/m1/s1. The SMILES string of the molecule is CC(C)C(N)C(=O)N1CCCC[C@@H]1C(=O)O. The molecule has 0 saturated carbocycles. The molecule has 1 heterocycles. The Balaban J connectivity index is 2.75. The Kier molecular flexibility index (Phi) is 4.29. The number of aliphatic carboxylic acids is 1. The van der Waals surface area contributed by atoms with Crippen LogP contribution in [-0.4, -0.2) is 40.5 Å². The second-order valence-electron chi connectivity index (χ2n) is 4.65. The number of hydrogen-bond donors (Lipinski definition) is 2. The molecule has 0 aromatic heterocycles. The first-order chi connectivity index (χ1) is 7.45. The summed E-state index contributed by atoms with van der Waals surface area (Å²) in [6.45, 7) is 4.24. The molecule has 1 amide bonds. The zero-order valence-electron chi connectivity index (χ0n) is 9.85. The van der Waals surface area contributed by atoms with Crippen molar-refractivity contribution in [1.82, 2.24) is 4.90 Å². The van der Waals surface area contributed by atoms with Crippen molar-refractivity contribution < 1.29 is 14.7 Å². The summed E-state index contributed by atoms with van der Waals surface area (Å²) in [5.74, 6) is -1.13. The molecule has 1 aliphatic heterocycles. The van der Waals surface area contributed by atoms with Crippen molar-refractivity contribution >= 4 is 11.9 Å². The molecule has 0 spiro atoms. The number of carboxylic acid groups (broad SMARTS) is 1. The lowest BCUT2D eigenvalue weighted by atomic mass is 9.98. The lowest BCUT2D eigenvalue weighted by molar-refractivity contribution is -0.153. The number of piperidine rings is 1. The van der Waals surface area contributed by atoms with Gasteiger partial charge in [-0.05, 0) is 25.2 Å². The summed E-state index contributed by atoms with van der Waals surface area (Å²) in [5.41, 5.74) is 5.77. The molecule has 3 N–H and O–H groups in total. The molecule has 0 radical (unpaired) electrons. The van der Waals surface area contributed by atoms with Gasteiger partial charge in [0.2, 0.25) is 5.91 Å². The van der Waals surface area contributed by atoms with E-state index in [4.69, 9.17) is 10.8 Å². The lowest BCUT2D eigenvalue weighted by Crippen LogP contribution is -2.54. The number of amides is 1. The second kappa shape index (κ2) is 5.30. The molecule has 92 valence electrons. The van der Waals surface area contributed by atoms with Gasteiger partial charge in [0.25, 0.3) is 0 Å². The highest BCUT2D eigenvalue weighted by Gasteiger charge is 2.34. The van der Waals surface area contributed by atoms with E-state index in [0.717, 1.165) is 12.8 Å². The summed E-state index contributed by atoms with van der Waals surface area (Å²) in [4.78, 5) is 24.4. The van der Waals surface area contributed by atoms with Crippen LogP contribution in [0.3, 0.4) is 0 Å². The fourth-order valence-corrected chi connectivity index (χ4v) is 1.93. The average molecular weight is 228 g/mol. The molecule has 1 saturated heterocycles. The molecule has 1 unspecified atom stereocenters. The maximum atomic E-state index is 12.0. The van der Waals surface area contributed by atoms with Gasteiger partial charge in [0.05, 0.1) is 6.04 Å². The van der Waals surface area contributed by atoms with E-state index >= 15 is 0 Å². The third kappa shape index (κ3) is 2.72. The molecule has 0 aliphatic carbocycles. The molecule has 5 heteroatoms. The average Bonchev–Trinajstić information content (AvgIpc) is 2.26. The smallest absolute Gasteiger partial charge is 0.326 e. The number of nitrogens with two attached hydrogens (primary N) is 1. The number of rotatable bonds is 3. The summed E-state index contributed by atoms with van der Waals surface area (Å²) >= 11 is 0. The summed E-state index contributed by atoms with van der Waals surface area (Å²) in [6.07, 6.45) is 2.25. The van der Waals surface area contributed by atoms with Crippen LogP contribution >= 0.6 is 0 Å². The van der Waals surface area contributed by atoms with Gasteiger partial charge in [0, 0.05) is 6.54 Å². The highest BCUT2D eigenvalue weighted by molar-refractivity contribution is 5.87. The summed E-state index contributed by atoms with van der Waals surface area (Å²) < 4.78 is 0. The topological polar surface area (TPSA) is 83.6 Å². The van der Waals surface area contributed by atoms with Gasteiger partial charge in [-0.15, -0.1) is 0 Å². The normalized spacial score (nSPS) is 23.2. The zero-order chi connectivity index (χ0) is 12.3. The number of carboxylic acids is 1. The van der Waals surface area contributed by atoms with Crippen LogP contribution in [0.4, 0.5) is 0 Å². The maximum Gasteiger partial charge on any atom is 0.326 e. The van der Waals surface area contributed by atoms with Crippen LogP contribution in [0.5, 0.6) is 0 Å². The van der Waals surface area contributed by atoms with E-state index < -0.39 is 18.1 Å². The van der Waals surface area contributed by atoms with Crippen LogP contribution in [0, 0.1) is 5.92 Å². The van der Waals surface area contributed by atoms with Crippen molar-refractivity contribution in [2.24, 2.45) is 11.7 Å². The van der Waals surface area contributed by atoms with Crippen molar-refractivity contribution in [3.8, 4) is 0 Å². The summed E-state index contributed by atoms with van der Waals surface area (Å²) in [6, 6.07) is -1.29. The minimum atomic E-state index is -0.927. The van der Waals surface area contributed by atoms with Crippen LogP contribution < -0.4 is 5.73 Å². The van der Waals surface area contributed by atoms with Gasteiger partial charge in [-0.3, -0.25) is 4.79 Å². The molecule has 2 atom stereocenters. The van der Waals surface area contributed by atoms with E-state index in [1.807, 2.05) is 13.8 Å². The quantitative estimate of drug-likeness (QED) is 0.734. The van der Waals surface area contributed by atoms with Crippen molar-refractivity contribution in [3.05, 3.63) is 0 Å². The van der Waals surface area contributed by atoms with Crippen LogP contribution in [-0.2, 0) is 9.59 Å². The van der Waals surface area contributed by atoms with E-state index in [1.54, 1.807) is 0 Å². The van der Waals surface area contributed by atoms with Crippen LogP contribution in [0.1, 0.15) is 33.1 Å². The zero-order valence-corrected chi connectivity index (χ0v) is 9.85. The Labute approximate surface area is 95.6 Å². The predicted molar refractivity (Wildman–Crippen MR) is 59.8 cm³/mol. The van der Waals surface area contributed by atoms with Gasteiger partial charge >= 0.3 is 5.97 Å². The summed E-state index contributed by atoms with van der Waals surface area (Å²) in [5, 5.41) is 9.04. The minimum absolute atomic E-state index is 0.0314. The largest absolute Gasteiger partial charge is 0.480 e. The Bertz CT molecular complexity index is 278. The summed E-state index contributed by atoms with van der Waals surface area (Å²) in [7, 11) is 0. The lowest BCUT2D eigenvalue weighted by Gasteiger charge is -2.35. The van der Waals surface area contributed by atoms with Crippen LogP contribution in [0.15, 0.2) is 0 Å². The molecule has 16 heavy (non-hydrogen) atoms. The van der Waals surface area contributed by atoms with Crippen molar-refractivity contribution in [2.75, 3.05) is 6.54 Å². The monoisotopic (exact) mass is 228 g/mol. The minimum Gasteiger partial charge on any atom is -0.480 e. The maximum absolute atomic E-state index is 12.0. The van der Waals surface area contributed by atoms with E-state index in [1.165, 1.54) is 4.90 Å². The van der Waals surface area contributed by atoms with Crippen LogP contribution in [0.2, 0.25) is 0 Å². The second-order valence-corrected chi connectivity index (χ2v) is 4.65. The van der Waals surface area contributed by atoms with Crippen molar-refractivity contribution in [2.45, 2.75) is 45.2 Å². The fourth-order valence-electron chi connectivity index (χ4n) is 1.93.